The molecule has 1 saturated carbocycles. The Balaban J connectivity index is 1.91. The molecule has 0 radical (unpaired) electrons. The van der Waals surface area contributed by atoms with Crippen molar-refractivity contribution < 1.29 is 9.90 Å². The van der Waals surface area contributed by atoms with Gasteiger partial charge in [0.15, 0.2) is 0 Å². The maximum Gasteiger partial charge on any atom is 0.306 e. The van der Waals surface area contributed by atoms with Crippen LogP contribution in [0.15, 0.2) is 42.5 Å². The summed E-state index contributed by atoms with van der Waals surface area (Å²) in [5.74, 6) is -0.235. The van der Waals surface area contributed by atoms with Crippen LogP contribution in [0, 0.1) is 11.8 Å². The molecule has 0 spiro atoms. The number of rotatable bonds is 3. The molecule has 1 fully saturated rings. The molecule has 2 aromatic rings. The fourth-order valence-corrected chi connectivity index (χ4v) is 3.80. The van der Waals surface area contributed by atoms with E-state index in [1.54, 1.807) is 0 Å². The molecule has 0 amide bonds. The molecule has 2 nitrogen and oxygen atoms in total. The van der Waals surface area contributed by atoms with E-state index in [0.717, 1.165) is 25.7 Å². The lowest BCUT2D eigenvalue weighted by Crippen LogP contribution is -2.30. The van der Waals surface area contributed by atoms with Gasteiger partial charge in [0.25, 0.3) is 0 Å². The van der Waals surface area contributed by atoms with E-state index in [1.807, 2.05) is 6.07 Å². The smallest absolute Gasteiger partial charge is 0.306 e. The normalized spacial score (nSPS) is 23.9. The summed E-state index contributed by atoms with van der Waals surface area (Å²) in [6, 6.07) is 14.9. The molecule has 1 aliphatic carbocycles. The van der Waals surface area contributed by atoms with Gasteiger partial charge in [-0.1, -0.05) is 62.2 Å². The molecule has 0 saturated heterocycles. The fraction of sp³-hybridized carbons (Fsp3) is 0.421. The molecule has 21 heavy (non-hydrogen) atoms. The molecule has 0 bridgehead atoms. The van der Waals surface area contributed by atoms with E-state index < -0.39 is 5.97 Å². The van der Waals surface area contributed by atoms with Crippen molar-refractivity contribution in [2.75, 3.05) is 0 Å². The van der Waals surface area contributed by atoms with Crippen molar-refractivity contribution in [3.63, 3.8) is 0 Å². The highest BCUT2D eigenvalue weighted by atomic mass is 16.4. The van der Waals surface area contributed by atoms with Gasteiger partial charge in [0.05, 0.1) is 5.92 Å². The van der Waals surface area contributed by atoms with Crippen LogP contribution in [-0.2, 0) is 4.79 Å². The molecule has 1 aliphatic rings. The Morgan fingerprint density at radius 2 is 1.81 bits per heavy atom. The van der Waals surface area contributed by atoms with Crippen LogP contribution < -0.4 is 0 Å². The third kappa shape index (κ3) is 2.80. The largest absolute Gasteiger partial charge is 0.481 e. The molecule has 0 heterocycles. The van der Waals surface area contributed by atoms with E-state index >= 15 is 0 Å². The first-order valence-electron chi connectivity index (χ1n) is 7.88. The first-order valence-corrected chi connectivity index (χ1v) is 7.88. The second kappa shape index (κ2) is 5.88. The monoisotopic (exact) mass is 282 g/mol. The minimum atomic E-state index is -0.618. The summed E-state index contributed by atoms with van der Waals surface area (Å²) >= 11 is 0. The van der Waals surface area contributed by atoms with Crippen molar-refractivity contribution >= 4 is 16.7 Å². The van der Waals surface area contributed by atoms with Gasteiger partial charge in [-0.2, -0.15) is 0 Å². The molecule has 2 aromatic carbocycles. The average molecular weight is 282 g/mol. The van der Waals surface area contributed by atoms with Crippen LogP contribution in [0.4, 0.5) is 0 Å². The fourth-order valence-electron chi connectivity index (χ4n) is 3.80. The van der Waals surface area contributed by atoms with E-state index in [-0.39, 0.29) is 11.8 Å². The van der Waals surface area contributed by atoms with Gasteiger partial charge in [0.1, 0.15) is 0 Å². The first-order chi connectivity index (χ1) is 10.2. The van der Waals surface area contributed by atoms with Crippen molar-refractivity contribution in [2.24, 2.45) is 11.8 Å². The molecular weight excluding hydrogens is 260 g/mol. The summed E-state index contributed by atoms with van der Waals surface area (Å²) in [5, 5.41) is 12.0. The number of carboxylic acid groups (broad SMARTS) is 1. The van der Waals surface area contributed by atoms with Gasteiger partial charge in [-0.3, -0.25) is 4.79 Å². The molecule has 2 heteroatoms. The van der Waals surface area contributed by atoms with Crippen molar-refractivity contribution in [1.82, 2.24) is 0 Å². The van der Waals surface area contributed by atoms with Crippen LogP contribution in [-0.4, -0.2) is 11.1 Å². The molecule has 3 atom stereocenters. The molecule has 110 valence electrons. The van der Waals surface area contributed by atoms with Crippen molar-refractivity contribution in [3.05, 3.63) is 48.0 Å². The quantitative estimate of drug-likeness (QED) is 0.875. The number of hydrogen-bond donors (Lipinski definition) is 1. The standard InChI is InChI=1S/C19H22O2/c1-13(17-8-4-5-9-18(17)19(20)21)15-11-10-14-6-2-3-7-16(14)12-15/h2-3,6-7,10-13,17-18H,4-5,8-9H2,1H3,(H,20,21)/t13-,17+,18+/m1/s1. The van der Waals surface area contributed by atoms with Gasteiger partial charge in [-0.25, -0.2) is 0 Å². The SMILES string of the molecule is C[C@H](c1ccc2ccccc2c1)[C@@H]1CCCC[C@@H]1C(=O)O. The molecule has 0 aliphatic heterocycles. The number of hydrogen-bond acceptors (Lipinski definition) is 1. The number of fused-ring (bicyclic) bond motifs is 1. The lowest BCUT2D eigenvalue weighted by atomic mass is 9.71. The topological polar surface area (TPSA) is 37.3 Å². The average Bonchev–Trinajstić information content (AvgIpc) is 2.53. The molecule has 1 N–H and O–H groups in total. The number of benzene rings is 2. The molecular formula is C19H22O2. The Morgan fingerprint density at radius 1 is 1.10 bits per heavy atom. The number of carboxylic acids is 1. The van der Waals surface area contributed by atoms with E-state index in [0.29, 0.717) is 5.92 Å². The Labute approximate surface area is 125 Å². The van der Waals surface area contributed by atoms with E-state index in [2.05, 4.69) is 43.3 Å². The van der Waals surface area contributed by atoms with Crippen molar-refractivity contribution in [2.45, 2.75) is 38.5 Å². The van der Waals surface area contributed by atoms with Crippen molar-refractivity contribution in [1.29, 1.82) is 0 Å². The van der Waals surface area contributed by atoms with E-state index in [1.165, 1.54) is 16.3 Å². The Bertz CT molecular complexity index is 647. The second-order valence-electron chi connectivity index (χ2n) is 6.29. The van der Waals surface area contributed by atoms with Crippen LogP contribution in [0.3, 0.4) is 0 Å². The van der Waals surface area contributed by atoms with Gasteiger partial charge in [-0.15, -0.1) is 0 Å². The highest BCUT2D eigenvalue weighted by molar-refractivity contribution is 5.83. The Hall–Kier alpha value is -1.83. The van der Waals surface area contributed by atoms with Crippen molar-refractivity contribution in [3.8, 4) is 0 Å². The first kappa shape index (κ1) is 14.1. The summed E-state index contributed by atoms with van der Waals surface area (Å²) in [6.45, 7) is 2.19. The zero-order valence-corrected chi connectivity index (χ0v) is 12.5. The van der Waals surface area contributed by atoms with E-state index in [9.17, 15) is 9.90 Å². The molecule has 3 rings (SSSR count). The predicted octanol–water partition coefficient (Wildman–Crippen LogP) is 4.83. The Morgan fingerprint density at radius 3 is 2.57 bits per heavy atom. The van der Waals surface area contributed by atoms with Crippen LogP contribution in [0.1, 0.15) is 44.1 Å². The lowest BCUT2D eigenvalue weighted by Gasteiger charge is -2.33. The van der Waals surface area contributed by atoms with Crippen LogP contribution in [0.5, 0.6) is 0 Å². The molecule has 0 unspecified atom stereocenters. The van der Waals surface area contributed by atoms with Crippen LogP contribution in [0.25, 0.3) is 10.8 Å². The minimum Gasteiger partial charge on any atom is -0.481 e. The van der Waals surface area contributed by atoms with Gasteiger partial charge >= 0.3 is 5.97 Å². The maximum atomic E-state index is 11.5. The second-order valence-corrected chi connectivity index (χ2v) is 6.29. The zero-order chi connectivity index (χ0) is 14.8. The number of aliphatic carboxylic acids is 1. The lowest BCUT2D eigenvalue weighted by molar-refractivity contribution is -0.145. The highest BCUT2D eigenvalue weighted by Crippen LogP contribution is 2.40. The van der Waals surface area contributed by atoms with Crippen LogP contribution in [0.2, 0.25) is 0 Å². The van der Waals surface area contributed by atoms with Crippen LogP contribution >= 0.6 is 0 Å². The summed E-state index contributed by atoms with van der Waals surface area (Å²) < 4.78 is 0. The summed E-state index contributed by atoms with van der Waals surface area (Å²) in [7, 11) is 0. The summed E-state index contributed by atoms with van der Waals surface area (Å²) in [6.07, 6.45) is 4.08. The molecule has 0 aromatic heterocycles. The minimum absolute atomic E-state index is 0.180. The van der Waals surface area contributed by atoms with Gasteiger partial charge in [-0.05, 0) is 41.0 Å². The van der Waals surface area contributed by atoms with Gasteiger partial charge < -0.3 is 5.11 Å². The third-order valence-corrected chi connectivity index (χ3v) is 5.08. The van der Waals surface area contributed by atoms with Gasteiger partial charge in [0, 0.05) is 0 Å². The summed E-state index contributed by atoms with van der Waals surface area (Å²) in [4.78, 5) is 11.5. The summed E-state index contributed by atoms with van der Waals surface area (Å²) in [5.41, 5.74) is 1.27. The highest BCUT2D eigenvalue weighted by Gasteiger charge is 2.34. The predicted molar refractivity (Wildman–Crippen MR) is 85.4 cm³/mol. The Kier molecular flexibility index (Phi) is 3.96. The maximum absolute atomic E-state index is 11.5. The van der Waals surface area contributed by atoms with E-state index in [4.69, 9.17) is 0 Å². The third-order valence-electron chi connectivity index (χ3n) is 5.08. The number of carbonyl (C=O) groups is 1. The van der Waals surface area contributed by atoms with Gasteiger partial charge in [0.2, 0.25) is 0 Å². The zero-order valence-electron chi connectivity index (χ0n) is 12.5.